The van der Waals surface area contributed by atoms with Crippen LogP contribution in [-0.4, -0.2) is 32.1 Å². The van der Waals surface area contributed by atoms with Crippen LogP contribution < -0.4 is 10.2 Å². The van der Waals surface area contributed by atoms with Crippen molar-refractivity contribution in [3.05, 3.63) is 96.3 Å². The van der Waals surface area contributed by atoms with Gasteiger partial charge in [0, 0.05) is 21.5 Å². The number of rotatable bonds is 2. The van der Waals surface area contributed by atoms with Crippen molar-refractivity contribution in [1.29, 1.82) is 0 Å². The predicted octanol–water partition coefficient (Wildman–Crippen LogP) is 2.91. The molecule has 0 amide bonds. The van der Waals surface area contributed by atoms with E-state index in [2.05, 4.69) is 9.97 Å². The first-order valence-electron chi connectivity index (χ1n) is 10.8. The number of carboxylic acids is 2. The van der Waals surface area contributed by atoms with Gasteiger partial charge in [0.15, 0.2) is 0 Å². The number of aromatic nitrogens is 2. The van der Waals surface area contributed by atoms with Gasteiger partial charge in [0.2, 0.25) is 0 Å². The van der Waals surface area contributed by atoms with Crippen molar-refractivity contribution in [3.8, 4) is 11.5 Å². The Hall–Kier alpha value is -4.62. The third-order valence-corrected chi connectivity index (χ3v) is 5.78. The zero-order chi connectivity index (χ0) is 25.4. The number of hydrogen-bond acceptors (Lipinski definition) is 8. The second kappa shape index (κ2) is 10.2. The number of aromatic carboxylic acids is 2. The van der Waals surface area contributed by atoms with Gasteiger partial charge in [-0.05, 0) is 35.0 Å². The maximum atomic E-state index is 10.8. The number of carbonyl (C=O) groups is 2. The molecule has 2 heterocycles. The Morgan fingerprint density at radius 1 is 0.541 bits per heavy atom. The number of phenolic OH excluding ortho intramolecular Hbond substituents is 2. The van der Waals surface area contributed by atoms with Gasteiger partial charge in [0.05, 0.1) is 34.4 Å². The Morgan fingerprint density at radius 3 is 1.27 bits per heavy atom. The maximum absolute atomic E-state index is 10.8. The molecule has 0 fully saturated rings. The molecule has 9 heteroatoms. The second-order valence-electron chi connectivity index (χ2n) is 7.99. The number of hydrogen-bond donors (Lipinski definition) is 2. The second-order valence-corrected chi connectivity index (χ2v) is 7.99. The number of phenols is 2. The molecule has 176 valence electrons. The zero-order valence-corrected chi connectivity index (χ0v) is 22.2. The molecule has 0 aliphatic heterocycles. The molecular formula is C28H16N2O6Zn. The van der Waals surface area contributed by atoms with Crippen molar-refractivity contribution in [2.45, 2.75) is 0 Å². The number of nitrogens with zero attached hydrogens (tertiary/aromatic N) is 2. The van der Waals surface area contributed by atoms with E-state index in [1.54, 1.807) is 36.4 Å². The van der Waals surface area contributed by atoms with Crippen molar-refractivity contribution in [2.24, 2.45) is 0 Å². The van der Waals surface area contributed by atoms with E-state index in [9.17, 15) is 30.0 Å². The third kappa shape index (κ3) is 4.77. The SMILES string of the molecule is O=C([O-])c1ccc2ccc3cccc(O)c3c2n1.O=C([O-])c1ccc2ccc3cccc(O)c3c2n1.[Zn+2]. The smallest absolute Gasteiger partial charge is 0.543 e. The maximum Gasteiger partial charge on any atom is 2.00 e. The number of carbonyl (C=O) groups excluding carboxylic acids is 2. The first-order valence-corrected chi connectivity index (χ1v) is 10.8. The van der Waals surface area contributed by atoms with E-state index in [1.807, 2.05) is 36.4 Å². The van der Waals surface area contributed by atoms with Crippen LogP contribution in [0.5, 0.6) is 11.5 Å². The van der Waals surface area contributed by atoms with Gasteiger partial charge in [-0.15, -0.1) is 0 Å². The topological polar surface area (TPSA) is 146 Å². The normalized spacial score (nSPS) is 10.6. The van der Waals surface area contributed by atoms with Crippen molar-refractivity contribution in [1.82, 2.24) is 9.97 Å². The summed E-state index contributed by atoms with van der Waals surface area (Å²) in [7, 11) is 0. The van der Waals surface area contributed by atoms with Gasteiger partial charge in [-0.2, -0.15) is 0 Å². The number of benzene rings is 4. The van der Waals surface area contributed by atoms with Crippen molar-refractivity contribution in [2.75, 3.05) is 0 Å². The summed E-state index contributed by atoms with van der Waals surface area (Å²) in [6.45, 7) is 0. The minimum atomic E-state index is -1.33. The summed E-state index contributed by atoms with van der Waals surface area (Å²) in [5, 5.41) is 45.7. The Bertz CT molecular complexity index is 1700. The van der Waals surface area contributed by atoms with Gasteiger partial charge in [-0.25, -0.2) is 9.97 Å². The molecule has 0 spiro atoms. The zero-order valence-electron chi connectivity index (χ0n) is 19.2. The van der Waals surface area contributed by atoms with Gasteiger partial charge in [0.25, 0.3) is 0 Å². The Balaban J connectivity index is 0.000000168. The minimum Gasteiger partial charge on any atom is -0.543 e. The largest absolute Gasteiger partial charge is 2.00 e. The summed E-state index contributed by atoms with van der Waals surface area (Å²) in [6, 6.07) is 23.7. The van der Waals surface area contributed by atoms with E-state index in [0.29, 0.717) is 21.8 Å². The van der Waals surface area contributed by atoms with Crippen molar-refractivity contribution in [3.63, 3.8) is 0 Å². The molecule has 0 unspecified atom stereocenters. The van der Waals surface area contributed by atoms with Crippen LogP contribution in [0.3, 0.4) is 0 Å². The Kier molecular flexibility index (Phi) is 7.00. The molecule has 0 atom stereocenters. The van der Waals surface area contributed by atoms with E-state index in [4.69, 9.17) is 0 Å². The molecule has 4 aromatic carbocycles. The molecule has 0 saturated heterocycles. The number of aromatic hydroxyl groups is 2. The molecule has 0 aliphatic carbocycles. The summed E-state index contributed by atoms with van der Waals surface area (Å²) in [6.07, 6.45) is 0. The first-order chi connectivity index (χ1) is 17.3. The van der Waals surface area contributed by atoms with Crippen LogP contribution in [0.25, 0.3) is 43.4 Å². The van der Waals surface area contributed by atoms with Crippen LogP contribution in [-0.2, 0) is 19.5 Å². The molecule has 8 nitrogen and oxygen atoms in total. The third-order valence-electron chi connectivity index (χ3n) is 5.78. The molecule has 37 heavy (non-hydrogen) atoms. The molecule has 6 rings (SSSR count). The molecule has 0 radical (unpaired) electrons. The fourth-order valence-corrected chi connectivity index (χ4v) is 4.10. The molecular weight excluding hydrogens is 526 g/mol. The summed E-state index contributed by atoms with van der Waals surface area (Å²) in [5.41, 5.74) is 0.649. The van der Waals surface area contributed by atoms with Gasteiger partial charge in [-0.1, -0.05) is 60.7 Å². The minimum absolute atomic E-state index is 0. The van der Waals surface area contributed by atoms with E-state index in [0.717, 1.165) is 21.5 Å². The molecule has 2 aromatic heterocycles. The van der Waals surface area contributed by atoms with Gasteiger partial charge in [-0.3, -0.25) is 0 Å². The molecule has 2 N–H and O–H groups in total. The molecule has 0 aliphatic rings. The van der Waals surface area contributed by atoms with Crippen LogP contribution >= 0.6 is 0 Å². The predicted molar refractivity (Wildman–Crippen MR) is 130 cm³/mol. The molecule has 6 aromatic rings. The molecule has 0 saturated carbocycles. The van der Waals surface area contributed by atoms with E-state index < -0.39 is 11.9 Å². The monoisotopic (exact) mass is 540 g/mol. The summed E-state index contributed by atoms with van der Waals surface area (Å²) >= 11 is 0. The van der Waals surface area contributed by atoms with Crippen LogP contribution in [0.1, 0.15) is 21.0 Å². The van der Waals surface area contributed by atoms with Gasteiger partial charge >= 0.3 is 19.5 Å². The van der Waals surface area contributed by atoms with Crippen LogP contribution in [0.15, 0.2) is 84.9 Å². The van der Waals surface area contributed by atoms with Crippen LogP contribution in [0.2, 0.25) is 0 Å². The average molecular weight is 542 g/mol. The summed E-state index contributed by atoms with van der Waals surface area (Å²) in [4.78, 5) is 29.7. The van der Waals surface area contributed by atoms with Crippen molar-refractivity contribution >= 4 is 55.3 Å². The number of carboxylic acid groups (broad SMARTS) is 2. The van der Waals surface area contributed by atoms with Gasteiger partial charge < -0.3 is 30.0 Å². The van der Waals surface area contributed by atoms with Crippen LogP contribution in [0.4, 0.5) is 0 Å². The van der Waals surface area contributed by atoms with E-state index in [-0.39, 0.29) is 42.4 Å². The fraction of sp³-hybridized carbons (Fsp3) is 0. The van der Waals surface area contributed by atoms with Crippen LogP contribution in [0, 0.1) is 0 Å². The van der Waals surface area contributed by atoms with Gasteiger partial charge in [0.1, 0.15) is 11.5 Å². The number of pyridine rings is 2. The standard InChI is InChI=1S/2C14H9NO3.Zn/c2*16-11-3-1-2-8-4-5-9-6-7-10(14(17)18)15-13(9)12(8)11;/h2*1-7,16H,(H,17,18);/q;;+2/p-2. The molecule has 0 bridgehead atoms. The van der Waals surface area contributed by atoms with E-state index in [1.165, 1.54) is 12.1 Å². The summed E-state index contributed by atoms with van der Waals surface area (Å²) < 4.78 is 0. The number of fused-ring (bicyclic) bond motifs is 6. The Labute approximate surface area is 222 Å². The Morgan fingerprint density at radius 2 is 0.892 bits per heavy atom. The first kappa shape index (κ1) is 25.5. The van der Waals surface area contributed by atoms with Crippen molar-refractivity contribution < 1.29 is 49.5 Å². The quantitative estimate of drug-likeness (QED) is 0.251. The van der Waals surface area contributed by atoms with E-state index >= 15 is 0 Å². The average Bonchev–Trinajstić information content (AvgIpc) is 2.88. The fourth-order valence-electron chi connectivity index (χ4n) is 4.10. The summed E-state index contributed by atoms with van der Waals surface area (Å²) in [5.74, 6) is -2.49.